The van der Waals surface area contributed by atoms with Gasteiger partial charge in [-0.2, -0.15) is 0 Å². The number of carbonyl (C=O) groups excluding carboxylic acids is 2. The second-order valence-corrected chi connectivity index (χ2v) is 6.82. The molecule has 0 saturated heterocycles. The molecule has 3 rings (SSSR count). The van der Waals surface area contributed by atoms with E-state index in [1.165, 1.54) is 4.90 Å². The second kappa shape index (κ2) is 8.74. The van der Waals surface area contributed by atoms with Crippen LogP contribution in [0, 0.1) is 0 Å². The molecule has 146 valence electrons. The zero-order valence-electron chi connectivity index (χ0n) is 16.6. The number of para-hydroxylation sites is 1. The van der Waals surface area contributed by atoms with E-state index in [1.54, 1.807) is 24.1 Å². The van der Waals surface area contributed by atoms with Gasteiger partial charge in [0.05, 0.1) is 12.7 Å². The van der Waals surface area contributed by atoms with Crippen LogP contribution in [0.3, 0.4) is 0 Å². The number of carbonyl (C=O) groups is 2. The number of ether oxygens (including phenoxy) is 1. The average molecular weight is 378 g/mol. The van der Waals surface area contributed by atoms with Crippen molar-refractivity contribution in [2.45, 2.75) is 26.2 Å². The molecular weight excluding hydrogens is 352 g/mol. The summed E-state index contributed by atoms with van der Waals surface area (Å²) >= 11 is 0. The van der Waals surface area contributed by atoms with Crippen LogP contribution in [0.5, 0.6) is 5.75 Å². The number of rotatable bonds is 8. The molecular formula is C23H26N2O3. The Kier molecular flexibility index (Phi) is 6.14. The maximum atomic E-state index is 13.2. The summed E-state index contributed by atoms with van der Waals surface area (Å²) in [6.07, 6.45) is 2.83. The minimum absolute atomic E-state index is 0.232. The lowest BCUT2D eigenvalue weighted by atomic mass is 10.0. The van der Waals surface area contributed by atoms with Gasteiger partial charge in [0.15, 0.2) is 0 Å². The van der Waals surface area contributed by atoms with E-state index in [2.05, 4.69) is 6.92 Å². The van der Waals surface area contributed by atoms with Gasteiger partial charge in [-0.1, -0.05) is 50.1 Å². The van der Waals surface area contributed by atoms with Crippen LogP contribution in [-0.2, 0) is 9.59 Å². The zero-order chi connectivity index (χ0) is 20.1. The first-order valence-corrected chi connectivity index (χ1v) is 9.62. The lowest BCUT2D eigenvalue weighted by Crippen LogP contribution is -2.35. The molecule has 0 fully saturated rings. The lowest BCUT2D eigenvalue weighted by Gasteiger charge is -2.21. The van der Waals surface area contributed by atoms with Gasteiger partial charge in [0, 0.05) is 19.3 Å². The Labute approximate surface area is 166 Å². The molecule has 0 atom stereocenters. The average Bonchev–Trinajstić information content (AvgIpc) is 2.98. The summed E-state index contributed by atoms with van der Waals surface area (Å²) in [7, 11) is 3.43. The number of likely N-dealkylation sites (N-methyl/N-ethyl adjacent to an activating group) is 1. The Morgan fingerprint density at radius 3 is 2.21 bits per heavy atom. The summed E-state index contributed by atoms with van der Waals surface area (Å²) in [6, 6.07) is 16.9. The maximum Gasteiger partial charge on any atom is 0.278 e. The standard InChI is InChI=1S/C23H26N2O3/c1-4-5-9-16-25-22(26)20(17-12-14-19(28-3)15-13-17)21(23(25)27)24(2)18-10-7-6-8-11-18/h6-8,10-15H,4-5,9,16H2,1-3H3. The van der Waals surface area contributed by atoms with E-state index in [1.807, 2.05) is 49.5 Å². The zero-order valence-corrected chi connectivity index (χ0v) is 16.6. The van der Waals surface area contributed by atoms with Crippen LogP contribution < -0.4 is 9.64 Å². The van der Waals surface area contributed by atoms with Crippen LogP contribution in [-0.4, -0.2) is 37.4 Å². The van der Waals surface area contributed by atoms with Gasteiger partial charge in [0.1, 0.15) is 11.4 Å². The van der Waals surface area contributed by atoms with Crippen molar-refractivity contribution in [3.8, 4) is 5.75 Å². The van der Waals surface area contributed by atoms with Gasteiger partial charge in [0.25, 0.3) is 11.8 Å². The number of nitrogens with zero attached hydrogens (tertiary/aromatic N) is 2. The van der Waals surface area contributed by atoms with Gasteiger partial charge in [-0.15, -0.1) is 0 Å². The van der Waals surface area contributed by atoms with Crippen molar-refractivity contribution >= 4 is 23.1 Å². The van der Waals surface area contributed by atoms with Crippen molar-refractivity contribution in [3.05, 3.63) is 65.9 Å². The molecule has 1 aliphatic rings. The number of unbranched alkanes of at least 4 members (excludes halogenated alkanes) is 2. The summed E-state index contributed by atoms with van der Waals surface area (Å²) in [4.78, 5) is 29.6. The molecule has 0 N–H and O–H groups in total. The number of methoxy groups -OCH3 is 1. The van der Waals surface area contributed by atoms with Crippen LogP contribution >= 0.6 is 0 Å². The van der Waals surface area contributed by atoms with Crippen molar-refractivity contribution in [3.63, 3.8) is 0 Å². The Morgan fingerprint density at radius 1 is 0.929 bits per heavy atom. The normalized spacial score (nSPS) is 14.0. The third-order valence-electron chi connectivity index (χ3n) is 4.99. The molecule has 28 heavy (non-hydrogen) atoms. The molecule has 0 saturated carbocycles. The first-order valence-electron chi connectivity index (χ1n) is 9.62. The van der Waals surface area contributed by atoms with Crippen molar-refractivity contribution < 1.29 is 14.3 Å². The largest absolute Gasteiger partial charge is 0.497 e. The molecule has 1 aliphatic heterocycles. The van der Waals surface area contributed by atoms with Gasteiger partial charge in [-0.3, -0.25) is 14.5 Å². The molecule has 0 unspecified atom stereocenters. The quantitative estimate of drug-likeness (QED) is 0.513. The highest BCUT2D eigenvalue weighted by atomic mass is 16.5. The van der Waals surface area contributed by atoms with Gasteiger partial charge in [-0.05, 0) is 36.2 Å². The monoisotopic (exact) mass is 378 g/mol. The Bertz CT molecular complexity index is 872. The van der Waals surface area contributed by atoms with E-state index < -0.39 is 0 Å². The molecule has 0 aromatic heterocycles. The maximum absolute atomic E-state index is 13.2. The third-order valence-corrected chi connectivity index (χ3v) is 4.99. The smallest absolute Gasteiger partial charge is 0.278 e. The van der Waals surface area contributed by atoms with Gasteiger partial charge >= 0.3 is 0 Å². The third kappa shape index (κ3) is 3.79. The van der Waals surface area contributed by atoms with E-state index in [0.29, 0.717) is 23.6 Å². The number of hydrogen-bond acceptors (Lipinski definition) is 4. The highest BCUT2D eigenvalue weighted by molar-refractivity contribution is 6.36. The number of amides is 2. The van der Waals surface area contributed by atoms with Crippen molar-refractivity contribution in [1.82, 2.24) is 4.90 Å². The van der Waals surface area contributed by atoms with E-state index in [9.17, 15) is 9.59 Å². The molecule has 1 heterocycles. The number of benzene rings is 2. The fourth-order valence-electron chi connectivity index (χ4n) is 3.40. The number of hydrogen-bond donors (Lipinski definition) is 0. The van der Waals surface area contributed by atoms with E-state index in [0.717, 1.165) is 30.5 Å². The van der Waals surface area contributed by atoms with Gasteiger partial charge in [-0.25, -0.2) is 0 Å². The highest BCUT2D eigenvalue weighted by Crippen LogP contribution is 2.34. The molecule has 5 nitrogen and oxygen atoms in total. The van der Waals surface area contributed by atoms with Crippen LogP contribution in [0.4, 0.5) is 5.69 Å². The summed E-state index contributed by atoms with van der Waals surface area (Å²) in [5, 5.41) is 0. The minimum Gasteiger partial charge on any atom is -0.497 e. The van der Waals surface area contributed by atoms with E-state index >= 15 is 0 Å². The summed E-state index contributed by atoms with van der Waals surface area (Å²) < 4.78 is 5.22. The van der Waals surface area contributed by atoms with Crippen molar-refractivity contribution in [2.24, 2.45) is 0 Å². The Morgan fingerprint density at radius 2 is 1.61 bits per heavy atom. The Hall–Kier alpha value is -3.08. The predicted molar refractivity (Wildman–Crippen MR) is 111 cm³/mol. The summed E-state index contributed by atoms with van der Waals surface area (Å²) in [5.41, 5.74) is 2.43. The molecule has 5 heteroatoms. The number of imide groups is 1. The van der Waals surface area contributed by atoms with Crippen molar-refractivity contribution in [2.75, 3.05) is 25.6 Å². The Balaban J connectivity index is 2.04. The SMILES string of the molecule is CCCCCN1C(=O)C(c2ccc(OC)cc2)=C(N(C)c2ccccc2)C1=O. The van der Waals surface area contributed by atoms with E-state index in [4.69, 9.17) is 4.74 Å². The molecule has 2 aromatic carbocycles. The van der Waals surface area contributed by atoms with Gasteiger partial charge in [0.2, 0.25) is 0 Å². The first-order chi connectivity index (χ1) is 13.6. The molecule has 0 bridgehead atoms. The number of anilines is 1. The lowest BCUT2D eigenvalue weighted by molar-refractivity contribution is -0.136. The summed E-state index contributed by atoms with van der Waals surface area (Å²) in [6.45, 7) is 2.54. The fraction of sp³-hybridized carbons (Fsp3) is 0.304. The predicted octanol–water partition coefficient (Wildman–Crippen LogP) is 4.10. The highest BCUT2D eigenvalue weighted by Gasteiger charge is 2.40. The van der Waals surface area contributed by atoms with Crippen LogP contribution in [0.15, 0.2) is 60.3 Å². The molecule has 0 radical (unpaired) electrons. The second-order valence-electron chi connectivity index (χ2n) is 6.82. The fourth-order valence-corrected chi connectivity index (χ4v) is 3.40. The van der Waals surface area contributed by atoms with Gasteiger partial charge < -0.3 is 9.64 Å². The first kappa shape index (κ1) is 19.7. The van der Waals surface area contributed by atoms with Crippen molar-refractivity contribution in [1.29, 1.82) is 0 Å². The molecule has 2 aromatic rings. The minimum atomic E-state index is -0.238. The molecule has 0 spiro atoms. The van der Waals surface area contributed by atoms with Crippen LogP contribution in [0.1, 0.15) is 31.7 Å². The van der Waals surface area contributed by atoms with E-state index in [-0.39, 0.29) is 11.8 Å². The van der Waals surface area contributed by atoms with Crippen LogP contribution in [0.25, 0.3) is 5.57 Å². The van der Waals surface area contributed by atoms with Crippen LogP contribution in [0.2, 0.25) is 0 Å². The summed E-state index contributed by atoms with van der Waals surface area (Å²) in [5.74, 6) is 0.237. The molecule has 2 amide bonds. The molecule has 0 aliphatic carbocycles. The topological polar surface area (TPSA) is 49.9 Å².